The number of nitrogens with zero attached hydrogens (tertiary/aromatic N) is 2. The monoisotopic (exact) mass is 262 g/mol. The minimum atomic E-state index is -0.328. The summed E-state index contributed by atoms with van der Waals surface area (Å²) in [6.45, 7) is 7.09. The molecule has 1 amide bonds. The fourth-order valence-corrected chi connectivity index (χ4v) is 1.75. The Labute approximate surface area is 111 Å². The van der Waals surface area contributed by atoms with Crippen LogP contribution in [-0.4, -0.2) is 20.5 Å². The molecule has 1 aromatic rings. The van der Waals surface area contributed by atoms with Crippen molar-refractivity contribution < 1.29 is 4.79 Å². The van der Waals surface area contributed by atoms with Crippen LogP contribution in [0.2, 0.25) is 0 Å². The number of thiocarbonyl (C=S) groups is 1. The second kappa shape index (κ2) is 6.07. The Bertz CT molecular complexity index is 572. The summed E-state index contributed by atoms with van der Waals surface area (Å²) in [5.41, 5.74) is 0.167. The molecule has 1 aromatic heterocycles. The third kappa shape index (κ3) is 3.01. The summed E-state index contributed by atoms with van der Waals surface area (Å²) in [6.07, 6.45) is 4.49. The molecule has 0 unspecified atom stereocenters. The minimum Gasteiger partial charge on any atom is -0.269 e. The van der Waals surface area contributed by atoms with E-state index in [0.717, 1.165) is 0 Å². The summed E-state index contributed by atoms with van der Waals surface area (Å²) < 4.78 is 1.23. The fourth-order valence-electron chi connectivity index (χ4n) is 1.36. The normalized spacial score (nSPS) is 10.3. The van der Waals surface area contributed by atoms with Crippen molar-refractivity contribution in [3.8, 4) is 0 Å². The van der Waals surface area contributed by atoms with Crippen molar-refractivity contribution in [2.75, 3.05) is 0 Å². The molecule has 0 bridgehead atoms. The number of pyridine rings is 1. The van der Waals surface area contributed by atoms with E-state index in [1.165, 1.54) is 27.8 Å². The number of carbonyl (C=O) groups is 1. The third-order valence-corrected chi connectivity index (χ3v) is 2.51. The van der Waals surface area contributed by atoms with Crippen LogP contribution in [-0.2, 0) is 4.79 Å². The lowest BCUT2D eigenvalue weighted by atomic mass is 10.4. The summed E-state index contributed by atoms with van der Waals surface area (Å²) in [6, 6.07) is 4.66. The molecule has 1 rings (SSSR count). The lowest BCUT2D eigenvalue weighted by Gasteiger charge is -2.22. The van der Waals surface area contributed by atoms with Crippen molar-refractivity contribution in [2.45, 2.75) is 13.8 Å². The fraction of sp³-hybridized carbons (Fsp3) is 0.154. The van der Waals surface area contributed by atoms with Crippen molar-refractivity contribution >= 4 is 23.2 Å². The van der Waals surface area contributed by atoms with E-state index >= 15 is 0 Å². The second-order valence-electron chi connectivity index (χ2n) is 3.60. The Morgan fingerprint density at radius 2 is 2.17 bits per heavy atom. The lowest BCUT2D eigenvalue weighted by molar-refractivity contribution is -0.121. The summed E-state index contributed by atoms with van der Waals surface area (Å²) in [4.78, 5) is 24.8. The number of allylic oxidation sites excluding steroid dienone is 2. The largest absolute Gasteiger partial charge is 0.269 e. The van der Waals surface area contributed by atoms with E-state index in [-0.39, 0.29) is 16.6 Å². The average Bonchev–Trinajstić information content (AvgIpc) is 2.29. The van der Waals surface area contributed by atoms with Gasteiger partial charge in [-0.05, 0) is 38.2 Å². The van der Waals surface area contributed by atoms with Gasteiger partial charge in [0.1, 0.15) is 0 Å². The number of carbonyl (C=O) groups excluding carboxylic acids is 1. The van der Waals surface area contributed by atoms with E-state index in [1.807, 2.05) is 0 Å². The molecule has 0 fully saturated rings. The third-order valence-electron chi connectivity index (χ3n) is 2.13. The van der Waals surface area contributed by atoms with Crippen molar-refractivity contribution in [1.82, 2.24) is 9.47 Å². The van der Waals surface area contributed by atoms with Crippen LogP contribution in [0.25, 0.3) is 0 Å². The Hall–Kier alpha value is -2.01. The van der Waals surface area contributed by atoms with Crippen LogP contribution in [0.4, 0.5) is 0 Å². The summed E-state index contributed by atoms with van der Waals surface area (Å²) in [5.74, 6) is -0.328. The highest BCUT2D eigenvalue weighted by Crippen LogP contribution is 2.05. The molecule has 0 aliphatic carbocycles. The first-order valence-electron chi connectivity index (χ1n) is 5.33. The van der Waals surface area contributed by atoms with Gasteiger partial charge in [0.15, 0.2) is 5.11 Å². The molecule has 0 atom stereocenters. The first-order valence-corrected chi connectivity index (χ1v) is 5.74. The molecule has 0 spiro atoms. The predicted molar refractivity (Wildman–Crippen MR) is 75.2 cm³/mol. The highest BCUT2D eigenvalue weighted by Gasteiger charge is 2.18. The summed E-state index contributed by atoms with van der Waals surface area (Å²) in [7, 11) is 0. The van der Waals surface area contributed by atoms with Gasteiger partial charge in [-0.15, -0.1) is 0 Å². The zero-order valence-corrected chi connectivity index (χ0v) is 11.1. The zero-order valence-electron chi connectivity index (χ0n) is 10.3. The molecule has 0 N–H and O–H groups in total. The van der Waals surface area contributed by atoms with Gasteiger partial charge in [-0.3, -0.25) is 19.1 Å². The molecular weight excluding hydrogens is 248 g/mol. The van der Waals surface area contributed by atoms with Gasteiger partial charge in [-0.2, -0.15) is 0 Å². The number of hydrogen-bond acceptors (Lipinski definition) is 3. The Kier molecular flexibility index (Phi) is 4.74. The maximum absolute atomic E-state index is 11.9. The second-order valence-corrected chi connectivity index (χ2v) is 3.97. The average molecular weight is 262 g/mol. The maximum atomic E-state index is 11.9. The van der Waals surface area contributed by atoms with Crippen LogP contribution in [0.3, 0.4) is 0 Å². The smallest absolute Gasteiger partial charge is 0.256 e. The Balaban J connectivity index is 3.21. The molecular formula is C13H14N2O2S. The van der Waals surface area contributed by atoms with Gasteiger partial charge >= 0.3 is 0 Å². The van der Waals surface area contributed by atoms with Gasteiger partial charge in [0.2, 0.25) is 0 Å². The molecule has 0 aliphatic heterocycles. The molecule has 0 radical (unpaired) electrons. The van der Waals surface area contributed by atoms with Crippen LogP contribution in [0.5, 0.6) is 0 Å². The number of aromatic nitrogens is 1. The first-order chi connectivity index (χ1) is 8.49. The van der Waals surface area contributed by atoms with Crippen molar-refractivity contribution in [3.05, 3.63) is 59.2 Å². The molecule has 1 heterocycles. The van der Waals surface area contributed by atoms with Gasteiger partial charge in [-0.1, -0.05) is 18.7 Å². The van der Waals surface area contributed by atoms with Gasteiger partial charge in [0.05, 0.1) is 0 Å². The SMILES string of the molecule is C=C(C)N(C(=O)C=CC)C(=S)n1ccccc1=O. The van der Waals surface area contributed by atoms with E-state index in [0.29, 0.717) is 5.70 Å². The molecule has 94 valence electrons. The molecule has 0 aliphatic rings. The minimum absolute atomic E-state index is 0.0937. The molecule has 0 saturated heterocycles. The van der Waals surface area contributed by atoms with E-state index in [2.05, 4.69) is 6.58 Å². The van der Waals surface area contributed by atoms with Gasteiger partial charge in [0.25, 0.3) is 11.5 Å². The quantitative estimate of drug-likeness (QED) is 0.604. The molecule has 4 nitrogen and oxygen atoms in total. The van der Waals surface area contributed by atoms with Gasteiger partial charge in [0, 0.05) is 18.0 Å². The van der Waals surface area contributed by atoms with Crippen molar-refractivity contribution in [3.63, 3.8) is 0 Å². The molecule has 5 heteroatoms. The van der Waals surface area contributed by atoms with Gasteiger partial charge < -0.3 is 0 Å². The van der Waals surface area contributed by atoms with E-state index in [4.69, 9.17) is 12.2 Å². The first kappa shape index (κ1) is 14.1. The standard InChI is InChI=1S/C13H14N2O2S/c1-4-7-12(17)15(10(2)3)13(18)14-9-6-5-8-11(14)16/h4-9H,2H2,1,3H3. The van der Waals surface area contributed by atoms with E-state index in [1.54, 1.807) is 32.1 Å². The van der Waals surface area contributed by atoms with E-state index in [9.17, 15) is 9.59 Å². The van der Waals surface area contributed by atoms with Crippen LogP contribution in [0.1, 0.15) is 13.8 Å². The molecule has 0 saturated carbocycles. The lowest BCUT2D eigenvalue weighted by Crippen LogP contribution is -2.40. The molecule has 18 heavy (non-hydrogen) atoms. The highest BCUT2D eigenvalue weighted by molar-refractivity contribution is 7.80. The predicted octanol–water partition coefficient (Wildman–Crippen LogP) is 1.92. The molecule has 0 aromatic carbocycles. The van der Waals surface area contributed by atoms with E-state index < -0.39 is 0 Å². The summed E-state index contributed by atoms with van der Waals surface area (Å²) in [5, 5.41) is 0.0937. The number of rotatable bonds is 2. The van der Waals surface area contributed by atoms with Crippen LogP contribution in [0, 0.1) is 0 Å². The maximum Gasteiger partial charge on any atom is 0.256 e. The van der Waals surface area contributed by atoms with Crippen molar-refractivity contribution in [2.24, 2.45) is 0 Å². The van der Waals surface area contributed by atoms with Crippen LogP contribution in [0.15, 0.2) is 53.6 Å². The number of amides is 1. The summed E-state index contributed by atoms with van der Waals surface area (Å²) >= 11 is 5.17. The van der Waals surface area contributed by atoms with Crippen LogP contribution >= 0.6 is 12.2 Å². The van der Waals surface area contributed by atoms with Crippen LogP contribution < -0.4 is 5.56 Å². The highest BCUT2D eigenvalue weighted by atomic mass is 32.1. The van der Waals surface area contributed by atoms with Gasteiger partial charge in [-0.25, -0.2) is 0 Å². The van der Waals surface area contributed by atoms with Crippen molar-refractivity contribution in [1.29, 1.82) is 0 Å². The number of hydrogen-bond donors (Lipinski definition) is 0. The zero-order chi connectivity index (χ0) is 13.7. The topological polar surface area (TPSA) is 42.3 Å². The Morgan fingerprint density at radius 3 is 2.67 bits per heavy atom. The Morgan fingerprint density at radius 1 is 1.50 bits per heavy atom.